The Labute approximate surface area is 141 Å². The van der Waals surface area contributed by atoms with Crippen LogP contribution in [0.3, 0.4) is 0 Å². The summed E-state index contributed by atoms with van der Waals surface area (Å²) in [6.45, 7) is 2.73. The van der Waals surface area contributed by atoms with Gasteiger partial charge >= 0.3 is 6.03 Å². The molecule has 2 aromatic carbocycles. The predicted molar refractivity (Wildman–Crippen MR) is 92.3 cm³/mol. The monoisotopic (exact) mass is 327 g/mol. The first-order chi connectivity index (χ1) is 11.1. The van der Waals surface area contributed by atoms with Crippen molar-refractivity contribution in [1.82, 2.24) is 4.90 Å². The van der Waals surface area contributed by atoms with Crippen LogP contribution < -0.4 is 5.32 Å². The summed E-state index contributed by atoms with van der Waals surface area (Å²) in [6, 6.07) is 16.9. The molecule has 0 heterocycles. The third kappa shape index (κ3) is 5.01. The Morgan fingerprint density at radius 2 is 2.00 bits per heavy atom. The van der Waals surface area contributed by atoms with Gasteiger partial charge in [0, 0.05) is 23.8 Å². The van der Waals surface area contributed by atoms with Crippen molar-refractivity contribution in [2.24, 2.45) is 0 Å². The highest BCUT2D eigenvalue weighted by Crippen LogP contribution is 2.21. The molecular weight excluding hydrogens is 310 g/mol. The number of nitrogens with one attached hydrogen (secondary N) is 1. The van der Waals surface area contributed by atoms with Crippen LogP contribution in [0, 0.1) is 18.3 Å². The van der Waals surface area contributed by atoms with E-state index in [1.54, 1.807) is 17.0 Å². The van der Waals surface area contributed by atoms with Gasteiger partial charge in [0.15, 0.2) is 0 Å². The number of hydrogen-bond donors (Lipinski definition) is 1. The fraction of sp³-hybridized carbons (Fsp3) is 0.222. The second-order valence-corrected chi connectivity index (χ2v) is 5.64. The number of amides is 2. The van der Waals surface area contributed by atoms with Crippen molar-refractivity contribution in [3.8, 4) is 6.07 Å². The molecule has 4 nitrogen and oxygen atoms in total. The van der Waals surface area contributed by atoms with Gasteiger partial charge in [-0.05, 0) is 30.2 Å². The van der Waals surface area contributed by atoms with Gasteiger partial charge in [0.1, 0.15) is 0 Å². The summed E-state index contributed by atoms with van der Waals surface area (Å²) in [4.78, 5) is 14.2. The molecule has 0 fully saturated rings. The molecule has 23 heavy (non-hydrogen) atoms. The lowest BCUT2D eigenvalue weighted by Crippen LogP contribution is -2.35. The molecule has 1 N–H and O–H groups in total. The van der Waals surface area contributed by atoms with Crippen LogP contribution in [0.25, 0.3) is 0 Å². The summed E-state index contributed by atoms with van der Waals surface area (Å²) in [6.07, 6.45) is 0.286. The van der Waals surface area contributed by atoms with Gasteiger partial charge in [-0.15, -0.1) is 0 Å². The number of rotatable bonds is 5. The first kappa shape index (κ1) is 16.9. The lowest BCUT2D eigenvalue weighted by molar-refractivity contribution is 0.210. The maximum absolute atomic E-state index is 12.5. The average molecular weight is 328 g/mol. The molecule has 0 radical (unpaired) electrons. The van der Waals surface area contributed by atoms with E-state index in [9.17, 15) is 4.79 Å². The molecule has 0 aliphatic carbocycles. The maximum atomic E-state index is 12.5. The second-order valence-electron chi connectivity index (χ2n) is 5.20. The van der Waals surface area contributed by atoms with Crippen LogP contribution in [-0.2, 0) is 6.54 Å². The number of aryl methyl sites for hydroxylation is 1. The van der Waals surface area contributed by atoms with Gasteiger partial charge in [-0.25, -0.2) is 4.79 Å². The first-order valence-electron chi connectivity index (χ1n) is 7.33. The molecule has 0 bridgehead atoms. The smallest absolute Gasteiger partial charge is 0.319 e. The number of urea groups is 1. The van der Waals surface area contributed by atoms with E-state index in [-0.39, 0.29) is 12.5 Å². The molecule has 0 saturated heterocycles. The number of anilines is 1. The summed E-state index contributed by atoms with van der Waals surface area (Å²) >= 11 is 5.99. The van der Waals surface area contributed by atoms with Crippen molar-refractivity contribution in [1.29, 1.82) is 5.26 Å². The fourth-order valence-electron chi connectivity index (χ4n) is 2.16. The molecule has 0 unspecified atom stereocenters. The Morgan fingerprint density at radius 1 is 1.26 bits per heavy atom. The van der Waals surface area contributed by atoms with Crippen molar-refractivity contribution in [3.05, 3.63) is 64.7 Å². The van der Waals surface area contributed by atoms with Gasteiger partial charge in [-0.2, -0.15) is 5.26 Å². The van der Waals surface area contributed by atoms with Crippen LogP contribution in [-0.4, -0.2) is 17.5 Å². The molecule has 2 amide bonds. The van der Waals surface area contributed by atoms with E-state index in [0.29, 0.717) is 23.8 Å². The summed E-state index contributed by atoms with van der Waals surface area (Å²) in [7, 11) is 0. The Morgan fingerprint density at radius 3 is 2.70 bits per heavy atom. The molecule has 2 aromatic rings. The number of benzene rings is 2. The molecule has 0 atom stereocenters. The van der Waals surface area contributed by atoms with Gasteiger partial charge < -0.3 is 10.2 Å². The van der Waals surface area contributed by atoms with E-state index in [0.717, 1.165) is 11.1 Å². The largest absolute Gasteiger partial charge is 0.322 e. The zero-order valence-corrected chi connectivity index (χ0v) is 13.7. The van der Waals surface area contributed by atoms with Gasteiger partial charge in [0.25, 0.3) is 0 Å². The van der Waals surface area contributed by atoms with Crippen molar-refractivity contribution < 1.29 is 4.79 Å². The quantitative estimate of drug-likeness (QED) is 0.872. The molecule has 5 heteroatoms. The lowest BCUT2D eigenvalue weighted by Gasteiger charge is -2.23. The number of nitrogens with zero attached hydrogens (tertiary/aromatic N) is 2. The maximum Gasteiger partial charge on any atom is 0.322 e. The van der Waals surface area contributed by atoms with Crippen molar-refractivity contribution in [3.63, 3.8) is 0 Å². The number of hydrogen-bond acceptors (Lipinski definition) is 2. The average Bonchev–Trinajstić information content (AvgIpc) is 2.55. The van der Waals surface area contributed by atoms with Crippen LogP contribution in [0.4, 0.5) is 10.5 Å². The van der Waals surface area contributed by atoms with Crippen molar-refractivity contribution in [2.75, 3.05) is 11.9 Å². The molecular formula is C18H18ClN3O. The van der Waals surface area contributed by atoms with Crippen LogP contribution in [0.1, 0.15) is 17.5 Å². The third-order valence-electron chi connectivity index (χ3n) is 3.44. The van der Waals surface area contributed by atoms with Crippen LogP contribution >= 0.6 is 11.6 Å². The third-order valence-corrected chi connectivity index (χ3v) is 3.67. The van der Waals surface area contributed by atoms with Crippen molar-refractivity contribution in [2.45, 2.75) is 19.9 Å². The predicted octanol–water partition coefficient (Wildman–Crippen LogP) is 4.60. The molecule has 2 rings (SSSR count). The molecule has 0 aliphatic heterocycles. The van der Waals surface area contributed by atoms with E-state index >= 15 is 0 Å². The number of carbonyl (C=O) groups excluding carboxylic acids is 1. The Kier molecular flexibility index (Phi) is 6.02. The summed E-state index contributed by atoms with van der Waals surface area (Å²) in [5, 5.41) is 12.2. The van der Waals surface area contributed by atoms with Gasteiger partial charge in [0.2, 0.25) is 0 Å². The van der Waals surface area contributed by atoms with Crippen molar-refractivity contribution >= 4 is 23.3 Å². The van der Waals surface area contributed by atoms with Crippen LogP contribution in [0.15, 0.2) is 48.5 Å². The highest BCUT2D eigenvalue weighted by Gasteiger charge is 2.15. The van der Waals surface area contributed by atoms with E-state index in [1.807, 2.05) is 43.3 Å². The lowest BCUT2D eigenvalue weighted by atomic mass is 10.2. The minimum absolute atomic E-state index is 0.241. The van der Waals surface area contributed by atoms with E-state index in [1.165, 1.54) is 0 Å². The summed E-state index contributed by atoms with van der Waals surface area (Å²) in [5.74, 6) is 0. The minimum Gasteiger partial charge on any atom is -0.319 e. The summed E-state index contributed by atoms with van der Waals surface area (Å²) < 4.78 is 0. The SMILES string of the molecule is Cc1ccc(Cl)cc1NC(=O)N(CCC#N)Cc1ccccc1. The number of halogens is 1. The van der Waals surface area contributed by atoms with E-state index in [2.05, 4.69) is 11.4 Å². The second kappa shape index (κ2) is 8.21. The highest BCUT2D eigenvalue weighted by atomic mass is 35.5. The fourth-order valence-corrected chi connectivity index (χ4v) is 2.34. The molecule has 0 spiro atoms. The van der Waals surface area contributed by atoms with Gasteiger partial charge in [-0.3, -0.25) is 0 Å². The normalized spacial score (nSPS) is 9.96. The van der Waals surface area contributed by atoms with Crippen LogP contribution in [0.5, 0.6) is 0 Å². The first-order valence-corrected chi connectivity index (χ1v) is 7.71. The Balaban J connectivity index is 2.13. The summed E-state index contributed by atoms with van der Waals surface area (Å²) in [5.41, 5.74) is 2.63. The number of nitriles is 1. The standard InChI is InChI=1S/C18H18ClN3O/c1-14-8-9-16(19)12-17(14)21-18(23)22(11-5-10-20)13-15-6-3-2-4-7-15/h2-4,6-9,12H,5,11,13H2,1H3,(H,21,23). The van der Waals surface area contributed by atoms with Gasteiger partial charge in [0.05, 0.1) is 12.5 Å². The Hall–Kier alpha value is -2.51. The zero-order chi connectivity index (χ0) is 16.7. The van der Waals surface area contributed by atoms with Crippen LogP contribution in [0.2, 0.25) is 5.02 Å². The number of carbonyl (C=O) groups is 1. The molecule has 118 valence electrons. The van der Waals surface area contributed by atoms with E-state index < -0.39 is 0 Å². The Bertz CT molecular complexity index is 710. The van der Waals surface area contributed by atoms with Gasteiger partial charge in [-0.1, -0.05) is 48.0 Å². The molecule has 0 saturated carbocycles. The topological polar surface area (TPSA) is 56.1 Å². The molecule has 0 aliphatic rings. The molecule has 0 aromatic heterocycles. The minimum atomic E-state index is -0.241. The highest BCUT2D eigenvalue weighted by molar-refractivity contribution is 6.31. The van der Waals surface area contributed by atoms with E-state index in [4.69, 9.17) is 16.9 Å². The zero-order valence-electron chi connectivity index (χ0n) is 12.9.